The molecule has 0 aliphatic carbocycles. The highest BCUT2D eigenvalue weighted by atomic mass is 16.5. The van der Waals surface area contributed by atoms with E-state index in [1.165, 1.54) is 10.5 Å². The van der Waals surface area contributed by atoms with Crippen LogP contribution in [0.3, 0.4) is 0 Å². The number of ether oxygens (including phenoxy) is 3. The Morgan fingerprint density at radius 1 is 0.850 bits per heavy atom. The van der Waals surface area contributed by atoms with Gasteiger partial charge in [0, 0.05) is 25.8 Å². The molecule has 1 heterocycles. The Bertz CT molecular complexity index is 1310. The van der Waals surface area contributed by atoms with Gasteiger partial charge in [0.2, 0.25) is 0 Å². The lowest BCUT2D eigenvalue weighted by Gasteiger charge is -2.25. The van der Waals surface area contributed by atoms with Gasteiger partial charge in [-0.15, -0.1) is 0 Å². The molecule has 1 saturated heterocycles. The van der Waals surface area contributed by atoms with Crippen LogP contribution in [0.15, 0.2) is 78.4 Å². The average Bonchev–Trinajstić information content (AvgIpc) is 3.22. The van der Waals surface area contributed by atoms with Gasteiger partial charge in [0.05, 0.1) is 18.2 Å². The van der Waals surface area contributed by atoms with Crippen molar-refractivity contribution in [2.24, 2.45) is 0 Å². The number of Topliss-reactive ketones (excluding diaryl/α,β-unsaturated/α-hetero) is 1. The van der Waals surface area contributed by atoms with Crippen molar-refractivity contribution in [3.05, 3.63) is 101 Å². The number of aliphatic hydroxyl groups is 1. The van der Waals surface area contributed by atoms with Crippen molar-refractivity contribution in [2.75, 3.05) is 26.9 Å². The fourth-order valence-corrected chi connectivity index (χ4v) is 4.63. The molecule has 3 aromatic rings. The maximum absolute atomic E-state index is 13.2. The molecule has 1 aliphatic rings. The molecule has 0 unspecified atom stereocenters. The van der Waals surface area contributed by atoms with Crippen molar-refractivity contribution in [1.29, 1.82) is 0 Å². The summed E-state index contributed by atoms with van der Waals surface area (Å²) < 4.78 is 16.8. The summed E-state index contributed by atoms with van der Waals surface area (Å²) in [4.78, 5) is 27.9. The van der Waals surface area contributed by atoms with Crippen molar-refractivity contribution >= 4 is 17.4 Å². The van der Waals surface area contributed by atoms with Crippen LogP contribution >= 0.6 is 0 Å². The number of hydrogen-bond acceptors (Lipinski definition) is 6. The molecule has 1 N–H and O–H groups in total. The smallest absolute Gasteiger partial charge is 0.295 e. The van der Waals surface area contributed by atoms with Gasteiger partial charge in [0.25, 0.3) is 11.7 Å². The van der Waals surface area contributed by atoms with E-state index in [-0.39, 0.29) is 11.3 Å². The molecule has 4 rings (SSSR count). The average molecular weight is 544 g/mol. The molecule has 7 nitrogen and oxygen atoms in total. The predicted octanol–water partition coefficient (Wildman–Crippen LogP) is 6.21. The number of likely N-dealkylation sites (tertiary alicyclic amines) is 1. The van der Waals surface area contributed by atoms with E-state index in [2.05, 4.69) is 6.92 Å². The Balaban J connectivity index is 1.60. The van der Waals surface area contributed by atoms with Gasteiger partial charge in [-0.05, 0) is 67.3 Å². The van der Waals surface area contributed by atoms with Crippen LogP contribution in [0.5, 0.6) is 11.5 Å². The summed E-state index contributed by atoms with van der Waals surface area (Å²) in [6.07, 6.45) is 2.55. The lowest BCUT2D eigenvalue weighted by atomic mass is 9.95. The molecular weight excluding hydrogens is 506 g/mol. The molecule has 0 radical (unpaired) electrons. The van der Waals surface area contributed by atoms with Crippen LogP contribution in [0.2, 0.25) is 0 Å². The van der Waals surface area contributed by atoms with Crippen LogP contribution < -0.4 is 9.47 Å². The first-order valence-corrected chi connectivity index (χ1v) is 13.7. The number of carbonyl (C=O) groups is 2. The van der Waals surface area contributed by atoms with E-state index in [9.17, 15) is 14.7 Å². The van der Waals surface area contributed by atoms with E-state index < -0.39 is 17.7 Å². The zero-order valence-corrected chi connectivity index (χ0v) is 23.4. The number of amides is 1. The van der Waals surface area contributed by atoms with E-state index in [0.29, 0.717) is 44.1 Å². The fraction of sp³-hybridized carbons (Fsp3) is 0.333. The quantitative estimate of drug-likeness (QED) is 0.119. The SMILES string of the molecule is CCCCOc1ccc([C@@H]2C(=C(O)c3ccc(OCc4ccc(C)cc4)cc3)C(=O)C(=O)N2CCCOC)cc1. The Morgan fingerprint density at radius 2 is 1.50 bits per heavy atom. The number of nitrogens with zero attached hydrogens (tertiary/aromatic N) is 1. The molecule has 3 aromatic carbocycles. The maximum atomic E-state index is 13.2. The topological polar surface area (TPSA) is 85.3 Å². The highest BCUT2D eigenvalue weighted by Crippen LogP contribution is 2.40. The molecule has 0 bridgehead atoms. The zero-order valence-electron chi connectivity index (χ0n) is 23.4. The summed E-state index contributed by atoms with van der Waals surface area (Å²) in [5.74, 6) is -0.208. The molecule has 0 saturated carbocycles. The van der Waals surface area contributed by atoms with E-state index in [1.54, 1.807) is 31.4 Å². The summed E-state index contributed by atoms with van der Waals surface area (Å²) in [6.45, 7) is 5.94. The van der Waals surface area contributed by atoms with Gasteiger partial charge in [-0.25, -0.2) is 0 Å². The second-order valence-corrected chi connectivity index (χ2v) is 9.91. The highest BCUT2D eigenvalue weighted by Gasteiger charge is 2.45. The third-order valence-electron chi connectivity index (χ3n) is 6.90. The van der Waals surface area contributed by atoms with Crippen LogP contribution in [-0.4, -0.2) is 48.6 Å². The number of carbonyl (C=O) groups excluding carboxylic acids is 2. The van der Waals surface area contributed by atoms with Crippen molar-refractivity contribution in [1.82, 2.24) is 4.90 Å². The van der Waals surface area contributed by atoms with Crippen molar-refractivity contribution in [3.8, 4) is 11.5 Å². The number of aryl methyl sites for hydroxylation is 1. The summed E-state index contributed by atoms with van der Waals surface area (Å²) in [5, 5.41) is 11.3. The lowest BCUT2D eigenvalue weighted by Crippen LogP contribution is -2.31. The Morgan fingerprint density at radius 3 is 2.15 bits per heavy atom. The standard InChI is InChI=1S/C33H37NO6/c1-4-5-21-39-27-15-11-25(12-16-27)30-29(32(36)33(37)34(30)19-6-20-38-3)31(35)26-13-17-28(18-14-26)40-22-24-9-7-23(2)8-10-24/h7-18,30,35H,4-6,19-22H2,1-3H3/t30-/m1/s1. The summed E-state index contributed by atoms with van der Waals surface area (Å²) in [7, 11) is 1.59. The minimum Gasteiger partial charge on any atom is -0.507 e. The van der Waals surface area contributed by atoms with Crippen LogP contribution in [-0.2, 0) is 20.9 Å². The van der Waals surface area contributed by atoms with Gasteiger partial charge in [0.15, 0.2) is 0 Å². The van der Waals surface area contributed by atoms with Gasteiger partial charge < -0.3 is 24.2 Å². The minimum atomic E-state index is -0.723. The highest BCUT2D eigenvalue weighted by molar-refractivity contribution is 6.46. The number of ketones is 1. The monoisotopic (exact) mass is 543 g/mol. The largest absolute Gasteiger partial charge is 0.507 e. The van der Waals surface area contributed by atoms with Gasteiger partial charge in [-0.1, -0.05) is 55.3 Å². The summed E-state index contributed by atoms with van der Waals surface area (Å²) in [5.41, 5.74) is 3.45. The number of benzene rings is 3. The first kappa shape index (κ1) is 28.9. The molecule has 1 atom stereocenters. The summed E-state index contributed by atoms with van der Waals surface area (Å²) in [6, 6.07) is 21.6. The molecule has 7 heteroatoms. The van der Waals surface area contributed by atoms with Crippen LogP contribution in [0.1, 0.15) is 54.5 Å². The second-order valence-electron chi connectivity index (χ2n) is 9.91. The molecule has 1 fully saturated rings. The molecule has 210 valence electrons. The van der Waals surface area contributed by atoms with Gasteiger partial charge in [0.1, 0.15) is 23.9 Å². The van der Waals surface area contributed by atoms with E-state index >= 15 is 0 Å². The van der Waals surface area contributed by atoms with E-state index in [4.69, 9.17) is 14.2 Å². The third-order valence-corrected chi connectivity index (χ3v) is 6.90. The van der Waals surface area contributed by atoms with E-state index in [0.717, 1.165) is 29.7 Å². The van der Waals surface area contributed by atoms with Gasteiger partial charge in [-0.3, -0.25) is 9.59 Å². The predicted molar refractivity (Wildman–Crippen MR) is 154 cm³/mol. The fourth-order valence-electron chi connectivity index (χ4n) is 4.63. The molecular formula is C33H37NO6. The molecule has 0 aromatic heterocycles. The Kier molecular flexibility index (Phi) is 9.97. The number of methoxy groups -OCH3 is 1. The third kappa shape index (κ3) is 6.90. The van der Waals surface area contributed by atoms with Crippen molar-refractivity contribution in [3.63, 3.8) is 0 Å². The normalized spacial score (nSPS) is 16.4. The zero-order chi connectivity index (χ0) is 28.5. The van der Waals surface area contributed by atoms with Crippen LogP contribution in [0, 0.1) is 6.92 Å². The maximum Gasteiger partial charge on any atom is 0.295 e. The molecule has 0 spiro atoms. The Labute approximate surface area is 236 Å². The number of hydrogen-bond donors (Lipinski definition) is 1. The molecule has 1 aliphatic heterocycles. The van der Waals surface area contributed by atoms with Gasteiger partial charge >= 0.3 is 0 Å². The van der Waals surface area contributed by atoms with Gasteiger partial charge in [-0.2, -0.15) is 0 Å². The van der Waals surface area contributed by atoms with E-state index in [1.807, 2.05) is 55.5 Å². The first-order chi connectivity index (χ1) is 19.4. The van der Waals surface area contributed by atoms with Crippen LogP contribution in [0.4, 0.5) is 0 Å². The van der Waals surface area contributed by atoms with Crippen molar-refractivity contribution in [2.45, 2.75) is 45.8 Å². The number of aliphatic hydroxyl groups excluding tert-OH is 1. The lowest BCUT2D eigenvalue weighted by molar-refractivity contribution is -0.140. The molecule has 40 heavy (non-hydrogen) atoms. The number of rotatable bonds is 13. The first-order valence-electron chi connectivity index (χ1n) is 13.7. The second kappa shape index (κ2) is 13.8. The Hall–Kier alpha value is -4.10. The van der Waals surface area contributed by atoms with Crippen molar-refractivity contribution < 1.29 is 28.9 Å². The van der Waals surface area contributed by atoms with Crippen LogP contribution in [0.25, 0.3) is 5.76 Å². The molecule has 1 amide bonds. The summed E-state index contributed by atoms with van der Waals surface area (Å²) >= 11 is 0. The minimum absolute atomic E-state index is 0.0652. The number of unbranched alkanes of at least 4 members (excludes halogenated alkanes) is 1.